The molecule has 0 fully saturated rings. The molecule has 2 aromatic rings. The Morgan fingerprint density at radius 3 is 2.52 bits per heavy atom. The predicted octanol–water partition coefficient (Wildman–Crippen LogP) is 4.80. The Kier molecular flexibility index (Phi) is 4.52. The van der Waals surface area contributed by atoms with E-state index >= 15 is 0 Å². The quantitative estimate of drug-likeness (QED) is 0.840. The number of benzene rings is 1. The highest BCUT2D eigenvalue weighted by molar-refractivity contribution is 7.99. The summed E-state index contributed by atoms with van der Waals surface area (Å²) in [6.45, 7) is 3.61. The molecular formula is C14H15ClF3NOS. The van der Waals surface area contributed by atoms with E-state index in [4.69, 9.17) is 11.6 Å². The van der Waals surface area contributed by atoms with E-state index in [1.807, 2.05) is 6.92 Å². The number of hydrogen-bond acceptors (Lipinski definition) is 2. The molecule has 0 amide bonds. The molecule has 0 aliphatic carbocycles. The van der Waals surface area contributed by atoms with Gasteiger partial charge in [0.05, 0.1) is 10.6 Å². The lowest BCUT2D eigenvalue weighted by atomic mass is 10.1. The minimum absolute atomic E-state index is 0.309. The third kappa shape index (κ3) is 3.49. The second kappa shape index (κ2) is 5.74. The smallest absolute Gasteiger partial charge is 0.383 e. The molecule has 2 N–H and O–H groups in total. The largest absolute Gasteiger partial charge is 0.417 e. The van der Waals surface area contributed by atoms with Crippen LogP contribution in [-0.2, 0) is 11.8 Å². The third-order valence-corrected chi connectivity index (χ3v) is 4.67. The second-order valence-electron chi connectivity index (χ2n) is 5.01. The molecule has 2 rings (SSSR count). The number of aliphatic hydroxyl groups is 1. The highest BCUT2D eigenvalue weighted by Gasteiger charge is 2.34. The van der Waals surface area contributed by atoms with Crippen LogP contribution >= 0.6 is 23.4 Å². The first-order valence-corrected chi connectivity index (χ1v) is 7.88. The van der Waals surface area contributed by atoms with Gasteiger partial charge in [-0.05, 0) is 30.9 Å². The first-order chi connectivity index (χ1) is 9.65. The average molecular weight is 338 g/mol. The number of H-pyrrole nitrogens is 1. The number of thioether (sulfide) groups is 1. The number of nitrogens with one attached hydrogen (secondary N) is 1. The van der Waals surface area contributed by atoms with E-state index in [0.717, 1.165) is 11.8 Å². The van der Waals surface area contributed by atoms with Crippen molar-refractivity contribution in [2.45, 2.75) is 25.6 Å². The van der Waals surface area contributed by atoms with Crippen LogP contribution in [0.4, 0.5) is 13.2 Å². The fraction of sp³-hybridized carbons (Fsp3) is 0.429. The van der Waals surface area contributed by atoms with Gasteiger partial charge in [-0.1, -0.05) is 18.5 Å². The molecule has 0 saturated carbocycles. The van der Waals surface area contributed by atoms with Crippen LogP contribution in [0.3, 0.4) is 0 Å². The van der Waals surface area contributed by atoms with Gasteiger partial charge in [-0.15, -0.1) is 0 Å². The highest BCUT2D eigenvalue weighted by atomic mass is 35.5. The predicted molar refractivity (Wildman–Crippen MR) is 80.9 cm³/mol. The van der Waals surface area contributed by atoms with Gasteiger partial charge in [-0.2, -0.15) is 24.9 Å². The molecule has 1 aromatic heterocycles. The minimum Gasteiger partial charge on any atom is -0.383 e. The van der Waals surface area contributed by atoms with Gasteiger partial charge in [0.25, 0.3) is 0 Å². The van der Waals surface area contributed by atoms with Crippen LogP contribution in [0.5, 0.6) is 0 Å². The number of aromatic amines is 1. The Bertz CT molecular complexity index is 651. The van der Waals surface area contributed by atoms with E-state index in [1.165, 1.54) is 6.07 Å². The fourth-order valence-electron chi connectivity index (χ4n) is 2.04. The summed E-state index contributed by atoms with van der Waals surface area (Å²) in [7, 11) is 0. The summed E-state index contributed by atoms with van der Waals surface area (Å²) in [5.41, 5.74) is -1.23. The van der Waals surface area contributed by atoms with E-state index in [0.29, 0.717) is 22.3 Å². The van der Waals surface area contributed by atoms with Gasteiger partial charge in [0.2, 0.25) is 0 Å². The molecule has 7 heteroatoms. The lowest BCUT2D eigenvalue weighted by Gasteiger charge is -2.21. The standard InChI is InChI=1S/C14H15ClF3NOS/c1-3-21-7-13(2,20)12-5-8-4-10(15)9(14(16,17)18)6-11(8)19-12/h4-6,19-20H,3,7H2,1-2H3/t13-/m0/s1. The van der Waals surface area contributed by atoms with Crippen molar-refractivity contribution in [2.24, 2.45) is 0 Å². The van der Waals surface area contributed by atoms with Crippen molar-refractivity contribution in [3.05, 3.63) is 34.5 Å². The van der Waals surface area contributed by atoms with Gasteiger partial charge in [-0.3, -0.25) is 0 Å². The van der Waals surface area contributed by atoms with E-state index < -0.39 is 17.3 Å². The molecule has 0 spiro atoms. The number of alkyl halides is 3. The summed E-state index contributed by atoms with van der Waals surface area (Å²) in [6.07, 6.45) is -4.50. The highest BCUT2D eigenvalue weighted by Crippen LogP contribution is 2.38. The topological polar surface area (TPSA) is 36.0 Å². The van der Waals surface area contributed by atoms with Crippen LogP contribution < -0.4 is 0 Å². The summed E-state index contributed by atoms with van der Waals surface area (Å²) in [6, 6.07) is 3.88. The van der Waals surface area contributed by atoms with Gasteiger partial charge in [0, 0.05) is 22.3 Å². The zero-order chi connectivity index (χ0) is 15.8. The number of halogens is 4. The number of rotatable bonds is 4. The van der Waals surface area contributed by atoms with Gasteiger partial charge in [-0.25, -0.2) is 0 Å². The Balaban J connectivity index is 2.47. The van der Waals surface area contributed by atoms with Crippen LogP contribution in [0.25, 0.3) is 10.9 Å². The van der Waals surface area contributed by atoms with Crippen molar-refractivity contribution < 1.29 is 18.3 Å². The van der Waals surface area contributed by atoms with Crippen LogP contribution in [0.2, 0.25) is 5.02 Å². The summed E-state index contributed by atoms with van der Waals surface area (Å²) < 4.78 is 38.5. The summed E-state index contributed by atoms with van der Waals surface area (Å²) in [5.74, 6) is 1.30. The van der Waals surface area contributed by atoms with E-state index in [2.05, 4.69) is 4.98 Å². The fourth-order valence-corrected chi connectivity index (χ4v) is 3.08. The Morgan fingerprint density at radius 1 is 1.29 bits per heavy atom. The van der Waals surface area contributed by atoms with Gasteiger partial charge in [0.15, 0.2) is 0 Å². The lowest BCUT2D eigenvalue weighted by molar-refractivity contribution is -0.137. The van der Waals surface area contributed by atoms with Gasteiger partial charge in [0.1, 0.15) is 5.60 Å². The van der Waals surface area contributed by atoms with Crippen molar-refractivity contribution in [1.29, 1.82) is 0 Å². The Hall–Kier alpha value is -0.850. The van der Waals surface area contributed by atoms with Crippen molar-refractivity contribution in [1.82, 2.24) is 4.98 Å². The third-order valence-electron chi connectivity index (χ3n) is 3.18. The zero-order valence-corrected chi connectivity index (χ0v) is 13.1. The number of fused-ring (bicyclic) bond motifs is 1. The Labute approximate surface area is 129 Å². The van der Waals surface area contributed by atoms with Crippen molar-refractivity contribution in [2.75, 3.05) is 11.5 Å². The maximum absolute atomic E-state index is 12.8. The molecule has 0 aliphatic heterocycles. The average Bonchev–Trinajstić information content (AvgIpc) is 2.77. The molecule has 0 unspecified atom stereocenters. The summed E-state index contributed by atoms with van der Waals surface area (Å²) in [5, 5.41) is 10.6. The lowest BCUT2D eigenvalue weighted by Crippen LogP contribution is -2.24. The number of aromatic nitrogens is 1. The monoisotopic (exact) mass is 337 g/mol. The summed E-state index contributed by atoms with van der Waals surface area (Å²) >= 11 is 7.25. The molecule has 2 nitrogen and oxygen atoms in total. The maximum Gasteiger partial charge on any atom is 0.417 e. The van der Waals surface area contributed by atoms with Crippen molar-refractivity contribution in [3.63, 3.8) is 0 Å². The van der Waals surface area contributed by atoms with Crippen molar-refractivity contribution in [3.8, 4) is 0 Å². The molecule has 0 bridgehead atoms. The van der Waals surface area contributed by atoms with E-state index in [-0.39, 0.29) is 5.02 Å². The molecule has 21 heavy (non-hydrogen) atoms. The molecule has 0 radical (unpaired) electrons. The van der Waals surface area contributed by atoms with E-state index in [1.54, 1.807) is 24.8 Å². The van der Waals surface area contributed by atoms with Crippen LogP contribution in [0, 0.1) is 0 Å². The number of hydrogen-bond donors (Lipinski definition) is 2. The van der Waals surface area contributed by atoms with Crippen LogP contribution in [0.15, 0.2) is 18.2 Å². The van der Waals surface area contributed by atoms with Crippen LogP contribution in [0.1, 0.15) is 25.1 Å². The first-order valence-electron chi connectivity index (χ1n) is 6.35. The first kappa shape index (κ1) is 16.5. The van der Waals surface area contributed by atoms with E-state index in [9.17, 15) is 18.3 Å². The van der Waals surface area contributed by atoms with Gasteiger partial charge >= 0.3 is 6.18 Å². The normalized spacial score (nSPS) is 15.4. The Morgan fingerprint density at radius 2 is 1.95 bits per heavy atom. The maximum atomic E-state index is 12.8. The van der Waals surface area contributed by atoms with Crippen LogP contribution in [-0.4, -0.2) is 21.6 Å². The second-order valence-corrected chi connectivity index (χ2v) is 6.69. The molecule has 1 heterocycles. The van der Waals surface area contributed by atoms with Crippen molar-refractivity contribution >= 4 is 34.3 Å². The molecule has 116 valence electrons. The minimum atomic E-state index is -4.50. The molecule has 0 saturated heterocycles. The summed E-state index contributed by atoms with van der Waals surface area (Å²) in [4.78, 5) is 2.86. The molecule has 1 aromatic carbocycles. The molecule has 0 aliphatic rings. The molecule has 1 atom stereocenters. The SMILES string of the molecule is CCSC[C@](C)(O)c1cc2cc(Cl)c(C(F)(F)F)cc2[nH]1. The van der Waals surface area contributed by atoms with Gasteiger partial charge < -0.3 is 10.1 Å². The molecular weight excluding hydrogens is 323 g/mol. The zero-order valence-electron chi connectivity index (χ0n) is 11.5.